The molecule has 0 fully saturated rings. The number of hydrogen-bond donors (Lipinski definition) is 1. The highest BCUT2D eigenvalue weighted by molar-refractivity contribution is 5.85. The van der Waals surface area contributed by atoms with Crippen LogP contribution in [0.1, 0.15) is 12.0 Å². The van der Waals surface area contributed by atoms with E-state index in [4.69, 9.17) is 4.74 Å². The molecule has 5 heteroatoms. The zero-order valence-electron chi connectivity index (χ0n) is 11.8. The van der Waals surface area contributed by atoms with E-state index in [2.05, 4.69) is 5.32 Å². The summed E-state index contributed by atoms with van der Waals surface area (Å²) in [5, 5.41) is 2.96. The normalized spacial score (nSPS) is 9.63. The lowest BCUT2D eigenvalue weighted by Gasteiger charge is -2.17. The van der Waals surface area contributed by atoms with Gasteiger partial charge in [0, 0.05) is 20.0 Å². The maximum Gasteiger partial charge on any atom is 0.223 e. The Bertz CT molecular complexity index is 385. The molecule has 0 atom stereocenters. The molecule has 0 spiro atoms. The topological polar surface area (TPSA) is 41.6 Å². The number of rotatable bonds is 7. The number of nitrogens with zero attached hydrogens (tertiary/aromatic N) is 1. The quantitative estimate of drug-likeness (QED) is 0.832. The highest BCUT2D eigenvalue weighted by Gasteiger charge is 2.07. The summed E-state index contributed by atoms with van der Waals surface area (Å²) in [6.45, 7) is 3.86. The van der Waals surface area contributed by atoms with Gasteiger partial charge < -0.3 is 15.0 Å². The van der Waals surface area contributed by atoms with Gasteiger partial charge in [-0.1, -0.05) is 12.1 Å². The van der Waals surface area contributed by atoms with Gasteiger partial charge in [0.15, 0.2) is 0 Å². The van der Waals surface area contributed by atoms with Crippen LogP contribution in [0.15, 0.2) is 24.3 Å². The van der Waals surface area contributed by atoms with Gasteiger partial charge in [0.25, 0.3) is 0 Å². The van der Waals surface area contributed by atoms with Crippen molar-refractivity contribution >= 4 is 18.3 Å². The van der Waals surface area contributed by atoms with Gasteiger partial charge >= 0.3 is 0 Å². The van der Waals surface area contributed by atoms with Gasteiger partial charge in [-0.05, 0) is 31.7 Å². The first-order valence-corrected chi connectivity index (χ1v) is 6.21. The number of carbonyl (C=O) groups excluding carboxylic acids is 1. The van der Waals surface area contributed by atoms with E-state index < -0.39 is 0 Å². The number of likely N-dealkylation sites (N-methyl/N-ethyl adjacent to an activating group) is 1. The monoisotopic (exact) mass is 286 g/mol. The van der Waals surface area contributed by atoms with Gasteiger partial charge in [0.05, 0.1) is 6.54 Å². The Balaban J connectivity index is 0.00000324. The number of ether oxygens (including phenoxy) is 1. The minimum Gasteiger partial charge on any atom is -0.492 e. The number of aryl methyl sites for hydroxylation is 1. The van der Waals surface area contributed by atoms with Crippen molar-refractivity contribution in [2.45, 2.75) is 13.3 Å². The van der Waals surface area contributed by atoms with Crippen molar-refractivity contribution in [1.82, 2.24) is 10.2 Å². The molecule has 0 saturated carbocycles. The van der Waals surface area contributed by atoms with Crippen LogP contribution in [0.25, 0.3) is 0 Å². The fraction of sp³-hybridized carbons (Fsp3) is 0.500. The van der Waals surface area contributed by atoms with Crippen LogP contribution in [-0.2, 0) is 4.79 Å². The summed E-state index contributed by atoms with van der Waals surface area (Å²) in [6.07, 6.45) is 0.525. The van der Waals surface area contributed by atoms with E-state index in [0.29, 0.717) is 26.1 Å². The Morgan fingerprint density at radius 3 is 2.79 bits per heavy atom. The van der Waals surface area contributed by atoms with Gasteiger partial charge in [-0.3, -0.25) is 4.79 Å². The molecule has 0 unspecified atom stereocenters. The zero-order chi connectivity index (χ0) is 13.4. The van der Waals surface area contributed by atoms with Crippen LogP contribution < -0.4 is 10.1 Å². The predicted molar refractivity (Wildman–Crippen MR) is 80.1 cm³/mol. The number of carbonyl (C=O) groups is 1. The Hall–Kier alpha value is -1.26. The first kappa shape index (κ1) is 17.7. The number of benzene rings is 1. The fourth-order valence-corrected chi connectivity index (χ4v) is 1.55. The molecular formula is C14H23ClN2O2. The van der Waals surface area contributed by atoms with Crippen molar-refractivity contribution in [3.05, 3.63) is 29.8 Å². The first-order valence-electron chi connectivity index (χ1n) is 6.21. The molecule has 1 rings (SSSR count). The summed E-state index contributed by atoms with van der Waals surface area (Å²) < 4.78 is 5.60. The number of halogens is 1. The van der Waals surface area contributed by atoms with E-state index in [1.807, 2.05) is 38.2 Å². The van der Waals surface area contributed by atoms with E-state index in [1.54, 1.807) is 11.9 Å². The lowest BCUT2D eigenvalue weighted by atomic mass is 10.2. The fourth-order valence-electron chi connectivity index (χ4n) is 1.55. The molecule has 0 aliphatic rings. The molecule has 1 amide bonds. The molecule has 1 aromatic rings. The molecule has 0 aromatic heterocycles. The van der Waals surface area contributed by atoms with Gasteiger partial charge in [-0.15, -0.1) is 12.4 Å². The van der Waals surface area contributed by atoms with Crippen LogP contribution in [0.5, 0.6) is 5.75 Å². The zero-order valence-corrected chi connectivity index (χ0v) is 12.6. The van der Waals surface area contributed by atoms with Crippen LogP contribution in [0.3, 0.4) is 0 Å². The standard InChI is InChI=1S/C14H22N2O2.ClH/c1-12-5-4-6-13(11-12)18-10-9-16(3)14(17)7-8-15-2;/h4-6,11,15H,7-10H2,1-3H3;1H. The second-order valence-electron chi connectivity index (χ2n) is 4.33. The molecule has 19 heavy (non-hydrogen) atoms. The van der Waals surface area contributed by atoms with Crippen LogP contribution in [0.2, 0.25) is 0 Å². The number of hydrogen-bond acceptors (Lipinski definition) is 3. The summed E-state index contributed by atoms with van der Waals surface area (Å²) in [7, 11) is 3.64. The molecule has 0 saturated heterocycles. The average molecular weight is 287 g/mol. The average Bonchev–Trinajstić information content (AvgIpc) is 2.35. The molecule has 0 aliphatic heterocycles. The maximum atomic E-state index is 11.6. The first-order chi connectivity index (χ1) is 8.63. The van der Waals surface area contributed by atoms with Crippen molar-refractivity contribution in [1.29, 1.82) is 0 Å². The summed E-state index contributed by atoms with van der Waals surface area (Å²) in [5.74, 6) is 0.989. The molecular weight excluding hydrogens is 264 g/mol. The third-order valence-corrected chi connectivity index (χ3v) is 2.70. The Morgan fingerprint density at radius 1 is 1.42 bits per heavy atom. The molecule has 1 aromatic carbocycles. The summed E-state index contributed by atoms with van der Waals surface area (Å²) in [6, 6.07) is 7.91. The lowest BCUT2D eigenvalue weighted by molar-refractivity contribution is -0.130. The van der Waals surface area contributed by atoms with Crippen LogP contribution in [0.4, 0.5) is 0 Å². The summed E-state index contributed by atoms with van der Waals surface area (Å²) in [4.78, 5) is 13.3. The largest absolute Gasteiger partial charge is 0.492 e. The SMILES string of the molecule is CNCCC(=O)N(C)CCOc1cccc(C)c1.Cl. The third kappa shape index (κ3) is 7.03. The molecule has 4 nitrogen and oxygen atoms in total. The number of amides is 1. The molecule has 1 N–H and O–H groups in total. The second kappa shape index (κ2) is 9.64. The van der Waals surface area contributed by atoms with E-state index in [-0.39, 0.29) is 18.3 Å². The molecule has 0 heterocycles. The highest BCUT2D eigenvalue weighted by Crippen LogP contribution is 2.11. The second-order valence-corrected chi connectivity index (χ2v) is 4.33. The lowest BCUT2D eigenvalue weighted by Crippen LogP contribution is -2.32. The highest BCUT2D eigenvalue weighted by atomic mass is 35.5. The van der Waals surface area contributed by atoms with Gasteiger partial charge in [0.1, 0.15) is 12.4 Å². The minimum absolute atomic E-state index is 0. The van der Waals surface area contributed by atoms with Crippen LogP contribution in [0, 0.1) is 6.92 Å². The molecule has 0 radical (unpaired) electrons. The van der Waals surface area contributed by atoms with Gasteiger partial charge in [-0.25, -0.2) is 0 Å². The van der Waals surface area contributed by atoms with Crippen molar-refractivity contribution < 1.29 is 9.53 Å². The molecule has 108 valence electrons. The summed E-state index contributed by atoms with van der Waals surface area (Å²) >= 11 is 0. The van der Waals surface area contributed by atoms with Gasteiger partial charge in [0.2, 0.25) is 5.91 Å². The van der Waals surface area contributed by atoms with Crippen molar-refractivity contribution in [3.63, 3.8) is 0 Å². The van der Waals surface area contributed by atoms with E-state index in [1.165, 1.54) is 5.56 Å². The van der Waals surface area contributed by atoms with Gasteiger partial charge in [-0.2, -0.15) is 0 Å². The smallest absolute Gasteiger partial charge is 0.223 e. The Labute approximate surface area is 121 Å². The molecule has 0 aliphatic carbocycles. The van der Waals surface area contributed by atoms with Crippen molar-refractivity contribution in [2.24, 2.45) is 0 Å². The Kier molecular flexibility index (Phi) is 9.00. The third-order valence-electron chi connectivity index (χ3n) is 2.70. The Morgan fingerprint density at radius 2 is 2.16 bits per heavy atom. The van der Waals surface area contributed by atoms with E-state index in [9.17, 15) is 4.79 Å². The van der Waals surface area contributed by atoms with E-state index >= 15 is 0 Å². The number of nitrogens with one attached hydrogen (secondary N) is 1. The van der Waals surface area contributed by atoms with Crippen molar-refractivity contribution in [2.75, 3.05) is 33.8 Å². The molecule has 0 bridgehead atoms. The summed E-state index contributed by atoms with van der Waals surface area (Å²) in [5.41, 5.74) is 1.17. The maximum absolute atomic E-state index is 11.6. The predicted octanol–water partition coefficient (Wildman–Crippen LogP) is 1.86. The van der Waals surface area contributed by atoms with Crippen LogP contribution >= 0.6 is 12.4 Å². The van der Waals surface area contributed by atoms with E-state index in [0.717, 1.165) is 5.75 Å². The van der Waals surface area contributed by atoms with Crippen LogP contribution in [-0.4, -0.2) is 44.6 Å². The minimum atomic E-state index is 0. The van der Waals surface area contributed by atoms with Crippen molar-refractivity contribution in [3.8, 4) is 5.75 Å².